The molecule has 0 heterocycles. The van der Waals surface area contributed by atoms with Crippen LogP contribution in [0.5, 0.6) is 0 Å². The van der Waals surface area contributed by atoms with Crippen molar-refractivity contribution in [1.29, 1.82) is 0 Å². The van der Waals surface area contributed by atoms with Crippen LogP contribution in [0.4, 0.5) is 17.6 Å². The molecule has 0 rings (SSSR count). The van der Waals surface area contributed by atoms with Crippen molar-refractivity contribution in [3.63, 3.8) is 0 Å². The third-order valence-corrected chi connectivity index (χ3v) is 0.815. The molecule has 0 aliphatic rings. The Kier molecular flexibility index (Phi) is 2.76. The highest BCUT2D eigenvalue weighted by molar-refractivity contribution is 9.10. The topological polar surface area (TPSA) is 0 Å². The van der Waals surface area contributed by atoms with Gasteiger partial charge in [-0.25, -0.2) is 0 Å². The summed E-state index contributed by atoms with van der Waals surface area (Å²) < 4.78 is 46.1. The van der Waals surface area contributed by atoms with E-state index in [4.69, 9.17) is 0 Å². The van der Waals surface area contributed by atoms with E-state index in [0.717, 1.165) is 0 Å². The summed E-state index contributed by atoms with van der Waals surface area (Å²) in [5.41, 5.74) is 0. The van der Waals surface area contributed by atoms with E-state index < -0.39 is 16.6 Å². The van der Waals surface area contributed by atoms with E-state index in [2.05, 4.69) is 11.6 Å². The van der Waals surface area contributed by atoms with Gasteiger partial charge in [-0.3, -0.25) is 0 Å². The standard InChI is InChI=1S/C3H2BrClF4/c4-2(6,7)1-3(5,8)9/h1H2. The number of halogens is 6. The van der Waals surface area contributed by atoms with Gasteiger partial charge in [-0.15, -0.1) is 0 Å². The average molecular weight is 229 g/mol. The molecule has 0 N–H and O–H groups in total. The van der Waals surface area contributed by atoms with Crippen molar-refractivity contribution in [2.24, 2.45) is 0 Å². The van der Waals surface area contributed by atoms with Crippen LogP contribution in [-0.2, 0) is 0 Å². The molecule has 0 unspecified atom stereocenters. The molecule has 0 nitrogen and oxygen atoms in total. The first-order chi connectivity index (χ1) is 3.71. The van der Waals surface area contributed by atoms with E-state index in [0.29, 0.717) is 0 Å². The third kappa shape index (κ3) is 8.49. The second-order valence-corrected chi connectivity index (χ2v) is 3.12. The Labute approximate surface area is 62.3 Å². The average Bonchev–Trinajstić information content (AvgIpc) is 1.14. The fraction of sp³-hybridized carbons (Fsp3) is 1.00. The molecule has 0 aromatic carbocycles. The minimum atomic E-state index is -3.84. The van der Waals surface area contributed by atoms with Gasteiger partial charge in [-0.05, 0) is 27.5 Å². The van der Waals surface area contributed by atoms with Gasteiger partial charge in [0, 0.05) is 0 Å². The van der Waals surface area contributed by atoms with Crippen molar-refractivity contribution in [2.45, 2.75) is 16.6 Å². The Morgan fingerprint density at radius 3 is 1.56 bits per heavy atom. The number of hydrogen-bond acceptors (Lipinski definition) is 0. The van der Waals surface area contributed by atoms with Crippen molar-refractivity contribution in [3.8, 4) is 0 Å². The highest BCUT2D eigenvalue weighted by Crippen LogP contribution is 2.36. The van der Waals surface area contributed by atoms with Crippen LogP contribution in [0.1, 0.15) is 6.42 Å². The van der Waals surface area contributed by atoms with Gasteiger partial charge in [-0.2, -0.15) is 17.6 Å². The van der Waals surface area contributed by atoms with Crippen molar-refractivity contribution >= 4 is 27.5 Å². The monoisotopic (exact) mass is 228 g/mol. The molecule has 0 spiro atoms. The lowest BCUT2D eigenvalue weighted by Gasteiger charge is -2.11. The predicted octanol–water partition coefficient (Wildman–Crippen LogP) is 3.20. The van der Waals surface area contributed by atoms with E-state index in [1.807, 2.05) is 0 Å². The first-order valence-electron chi connectivity index (χ1n) is 1.84. The summed E-state index contributed by atoms with van der Waals surface area (Å²) >= 11 is 5.89. The molecular formula is C3H2BrClF4. The maximum Gasteiger partial charge on any atom is 0.328 e. The van der Waals surface area contributed by atoms with Crippen LogP contribution in [0, 0.1) is 0 Å². The van der Waals surface area contributed by atoms with Crippen LogP contribution < -0.4 is 0 Å². The smallest absolute Gasteiger partial charge is 0.193 e. The Morgan fingerprint density at radius 2 is 1.56 bits per heavy atom. The molecule has 0 aromatic rings. The van der Waals surface area contributed by atoms with Gasteiger partial charge in [0.2, 0.25) is 0 Å². The van der Waals surface area contributed by atoms with Gasteiger partial charge in [0.05, 0.1) is 0 Å². The maximum absolute atomic E-state index is 11.6. The Hall–Kier alpha value is 0.490. The molecule has 0 bridgehead atoms. The molecular weight excluding hydrogens is 227 g/mol. The molecule has 0 saturated carbocycles. The van der Waals surface area contributed by atoms with Crippen molar-refractivity contribution < 1.29 is 17.6 Å². The third-order valence-electron chi connectivity index (χ3n) is 0.401. The molecule has 0 amide bonds. The van der Waals surface area contributed by atoms with Crippen LogP contribution in [0.25, 0.3) is 0 Å². The van der Waals surface area contributed by atoms with Crippen LogP contribution >= 0.6 is 27.5 Å². The zero-order chi connectivity index (χ0) is 7.71. The summed E-state index contributed by atoms with van der Waals surface area (Å²) in [5.74, 6) is 0. The van der Waals surface area contributed by atoms with E-state index in [-0.39, 0.29) is 0 Å². The minimum absolute atomic E-state index is 1.69. The zero-order valence-electron chi connectivity index (χ0n) is 3.97. The summed E-state index contributed by atoms with van der Waals surface area (Å²) in [5, 5.41) is -3.84. The van der Waals surface area contributed by atoms with Gasteiger partial charge in [0.1, 0.15) is 6.42 Å². The second-order valence-electron chi connectivity index (χ2n) is 1.41. The summed E-state index contributed by atoms with van der Waals surface area (Å²) in [6.07, 6.45) is -1.69. The fourth-order valence-electron chi connectivity index (χ4n) is 0.227. The van der Waals surface area contributed by atoms with E-state index in [1.54, 1.807) is 15.9 Å². The van der Waals surface area contributed by atoms with Crippen LogP contribution in [0.15, 0.2) is 0 Å². The second kappa shape index (κ2) is 2.62. The molecule has 9 heavy (non-hydrogen) atoms. The summed E-state index contributed by atoms with van der Waals surface area (Å²) in [6, 6.07) is 0. The lowest BCUT2D eigenvalue weighted by Crippen LogP contribution is -2.18. The summed E-state index contributed by atoms with van der Waals surface area (Å²) in [4.78, 5) is -3.59. The zero-order valence-corrected chi connectivity index (χ0v) is 6.32. The van der Waals surface area contributed by atoms with Crippen molar-refractivity contribution in [1.82, 2.24) is 0 Å². The quantitative estimate of drug-likeness (QED) is 0.504. The summed E-state index contributed by atoms with van der Waals surface area (Å²) in [6.45, 7) is 0. The number of hydrogen-bond donors (Lipinski definition) is 0. The van der Waals surface area contributed by atoms with Gasteiger partial charge < -0.3 is 0 Å². The highest BCUT2D eigenvalue weighted by atomic mass is 79.9. The molecule has 0 atom stereocenters. The molecule has 0 aliphatic carbocycles. The molecule has 6 heteroatoms. The Balaban J connectivity index is 3.75. The molecule has 56 valence electrons. The number of rotatable bonds is 2. The lowest BCUT2D eigenvalue weighted by atomic mass is 10.5. The van der Waals surface area contributed by atoms with Crippen LogP contribution in [0.3, 0.4) is 0 Å². The van der Waals surface area contributed by atoms with Crippen LogP contribution in [0.2, 0.25) is 0 Å². The van der Waals surface area contributed by atoms with Gasteiger partial charge in [-0.1, -0.05) is 0 Å². The van der Waals surface area contributed by atoms with E-state index >= 15 is 0 Å². The largest absolute Gasteiger partial charge is 0.328 e. The number of alkyl halides is 6. The van der Waals surface area contributed by atoms with Gasteiger partial charge in [0.15, 0.2) is 0 Å². The first-order valence-corrected chi connectivity index (χ1v) is 3.01. The molecule has 0 aliphatic heterocycles. The van der Waals surface area contributed by atoms with E-state index in [1.165, 1.54) is 0 Å². The van der Waals surface area contributed by atoms with Crippen molar-refractivity contribution in [2.75, 3.05) is 0 Å². The minimum Gasteiger partial charge on any atom is -0.193 e. The first kappa shape index (κ1) is 9.49. The van der Waals surface area contributed by atoms with Gasteiger partial charge >= 0.3 is 10.2 Å². The molecule has 0 saturated heterocycles. The predicted molar refractivity (Wildman–Crippen MR) is 29.3 cm³/mol. The fourth-order valence-corrected chi connectivity index (χ4v) is 0.909. The molecule has 0 fully saturated rings. The highest BCUT2D eigenvalue weighted by Gasteiger charge is 2.39. The summed E-state index contributed by atoms with van der Waals surface area (Å²) in [7, 11) is 0. The van der Waals surface area contributed by atoms with Crippen LogP contribution in [-0.4, -0.2) is 10.2 Å². The molecule has 0 radical (unpaired) electrons. The Morgan fingerprint density at radius 1 is 1.22 bits per heavy atom. The van der Waals surface area contributed by atoms with Crippen molar-refractivity contribution in [3.05, 3.63) is 0 Å². The molecule has 0 aromatic heterocycles. The SMILES string of the molecule is FC(F)(Cl)CC(F)(F)Br. The van der Waals surface area contributed by atoms with Gasteiger partial charge in [0.25, 0.3) is 0 Å². The van der Waals surface area contributed by atoms with E-state index in [9.17, 15) is 17.6 Å². The maximum atomic E-state index is 11.6. The normalized spacial score (nSPS) is 14.0. The lowest BCUT2D eigenvalue weighted by molar-refractivity contribution is -0.00321. The Bertz CT molecular complexity index is 81.0.